The molecule has 0 aliphatic rings. The van der Waals surface area contributed by atoms with Crippen LogP contribution in [-0.2, 0) is 47.3 Å². The Hall–Kier alpha value is -5.40. The average Bonchev–Trinajstić information content (AvgIpc) is 3.15. The molecule has 5 rings (SSSR count). The highest BCUT2D eigenvalue weighted by Crippen LogP contribution is 2.15. The zero-order valence-corrected chi connectivity index (χ0v) is 29.8. The SMILES string of the molecule is C[C@H](Cc1cccc(CC(=O)NCc2ccc(C(=O)NCc3ccc(S(=O)(=O)NCc4ccccc4)cc3)cc2)c1)NC[C@H](O)c1ccc(N)nc1. The van der Waals surface area contributed by atoms with E-state index in [4.69, 9.17) is 5.73 Å². The Bertz CT molecular complexity index is 2020. The summed E-state index contributed by atoms with van der Waals surface area (Å²) in [6.07, 6.45) is 1.84. The molecule has 0 saturated heterocycles. The lowest BCUT2D eigenvalue weighted by molar-refractivity contribution is -0.120. The molecule has 2 atom stereocenters. The quantitative estimate of drug-likeness (QED) is 0.0830. The number of pyridine rings is 1. The summed E-state index contributed by atoms with van der Waals surface area (Å²) in [5.74, 6) is 0.0265. The molecule has 0 aliphatic heterocycles. The molecule has 270 valence electrons. The minimum absolute atomic E-state index is 0.0940. The largest absolute Gasteiger partial charge is 0.387 e. The number of amides is 2. The first-order valence-electron chi connectivity index (χ1n) is 17.0. The zero-order chi connectivity index (χ0) is 36.9. The van der Waals surface area contributed by atoms with Crippen LogP contribution in [0.15, 0.2) is 126 Å². The molecular formula is C40H44N6O5S. The van der Waals surface area contributed by atoms with Gasteiger partial charge in [0.1, 0.15) is 5.82 Å². The summed E-state index contributed by atoms with van der Waals surface area (Å²) in [6.45, 7) is 3.17. The number of nitrogens with two attached hydrogens (primary N) is 1. The number of nitrogens with zero attached hydrogens (tertiary/aromatic N) is 1. The van der Waals surface area contributed by atoms with Crippen LogP contribution in [0.3, 0.4) is 0 Å². The van der Waals surface area contributed by atoms with Gasteiger partial charge in [-0.05, 0) is 71.5 Å². The molecule has 0 bridgehead atoms. The lowest BCUT2D eigenvalue weighted by atomic mass is 10.0. The first-order valence-corrected chi connectivity index (χ1v) is 18.5. The highest BCUT2D eigenvalue weighted by Gasteiger charge is 2.15. The standard InChI is InChI=1S/C40H44N6O5S/c1-28(42-27-37(47)35-16-19-38(41)43-26-35)20-32-8-5-9-33(21-32)22-39(48)44-23-30-10-14-34(15-11-30)40(49)45-24-31-12-17-36(18-13-31)52(50,51)46-25-29-6-3-2-4-7-29/h2-19,21,26,28,37,42,46-47H,20,22-25,27H2,1H3,(H2,41,43)(H,44,48)(H,45,49)/t28-,37+/m1/s1. The van der Waals surface area contributed by atoms with Crippen LogP contribution >= 0.6 is 0 Å². The predicted molar refractivity (Wildman–Crippen MR) is 201 cm³/mol. The van der Waals surface area contributed by atoms with Crippen molar-refractivity contribution in [2.45, 2.75) is 56.4 Å². The van der Waals surface area contributed by atoms with Crippen molar-refractivity contribution >= 4 is 27.7 Å². The summed E-state index contributed by atoms with van der Waals surface area (Å²) in [4.78, 5) is 29.7. The monoisotopic (exact) mass is 720 g/mol. The molecule has 0 saturated carbocycles. The molecule has 1 heterocycles. The number of aliphatic hydroxyl groups excluding tert-OH is 1. The van der Waals surface area contributed by atoms with Gasteiger partial charge >= 0.3 is 0 Å². The highest BCUT2D eigenvalue weighted by molar-refractivity contribution is 7.89. The predicted octanol–water partition coefficient (Wildman–Crippen LogP) is 4.19. The molecule has 5 aromatic rings. The topological polar surface area (TPSA) is 176 Å². The van der Waals surface area contributed by atoms with Crippen molar-refractivity contribution in [1.82, 2.24) is 25.7 Å². The number of carbonyl (C=O) groups is 2. The average molecular weight is 721 g/mol. The van der Waals surface area contributed by atoms with Gasteiger partial charge in [0, 0.05) is 49.5 Å². The van der Waals surface area contributed by atoms with Gasteiger partial charge in [0.05, 0.1) is 17.4 Å². The number of nitrogen functional groups attached to an aromatic ring is 1. The maximum absolute atomic E-state index is 12.8. The summed E-state index contributed by atoms with van der Waals surface area (Å²) in [5, 5.41) is 19.6. The van der Waals surface area contributed by atoms with Crippen LogP contribution in [0.25, 0.3) is 0 Å². The Morgan fingerprint density at radius 2 is 1.38 bits per heavy atom. The van der Waals surface area contributed by atoms with Crippen LogP contribution in [0, 0.1) is 0 Å². The Morgan fingerprint density at radius 1 is 0.750 bits per heavy atom. The van der Waals surface area contributed by atoms with Crippen molar-refractivity contribution in [2.75, 3.05) is 12.3 Å². The normalized spacial score (nSPS) is 12.5. The van der Waals surface area contributed by atoms with E-state index in [2.05, 4.69) is 25.7 Å². The van der Waals surface area contributed by atoms with Crippen molar-refractivity contribution in [1.29, 1.82) is 0 Å². The van der Waals surface area contributed by atoms with E-state index >= 15 is 0 Å². The van der Waals surface area contributed by atoms with Crippen molar-refractivity contribution in [3.8, 4) is 0 Å². The molecule has 0 aliphatic carbocycles. The molecule has 7 N–H and O–H groups in total. The number of sulfonamides is 1. The van der Waals surface area contributed by atoms with Gasteiger partial charge in [-0.15, -0.1) is 0 Å². The summed E-state index contributed by atoms with van der Waals surface area (Å²) < 4.78 is 27.9. The van der Waals surface area contributed by atoms with Gasteiger partial charge in [-0.2, -0.15) is 0 Å². The summed E-state index contributed by atoms with van der Waals surface area (Å²) >= 11 is 0. The third kappa shape index (κ3) is 11.6. The number of anilines is 1. The molecule has 0 unspecified atom stereocenters. The fourth-order valence-corrected chi connectivity index (χ4v) is 6.51. The van der Waals surface area contributed by atoms with E-state index in [1.807, 2.05) is 61.5 Å². The van der Waals surface area contributed by atoms with Gasteiger partial charge < -0.3 is 26.8 Å². The van der Waals surface area contributed by atoms with E-state index in [0.717, 1.165) is 34.2 Å². The number of rotatable bonds is 17. The fourth-order valence-electron chi connectivity index (χ4n) is 5.49. The Labute approximate surface area is 304 Å². The van der Waals surface area contributed by atoms with Crippen LogP contribution in [-0.4, -0.2) is 42.9 Å². The molecule has 2 amide bonds. The van der Waals surface area contributed by atoms with Crippen LogP contribution < -0.4 is 26.4 Å². The van der Waals surface area contributed by atoms with Crippen molar-refractivity contribution in [3.63, 3.8) is 0 Å². The van der Waals surface area contributed by atoms with Crippen LogP contribution in [0.5, 0.6) is 0 Å². The smallest absolute Gasteiger partial charge is 0.251 e. The summed E-state index contributed by atoms with van der Waals surface area (Å²) in [6, 6.07) is 34.1. The molecule has 1 aromatic heterocycles. The van der Waals surface area contributed by atoms with E-state index in [0.29, 0.717) is 30.0 Å². The molecule has 4 aromatic carbocycles. The first kappa shape index (κ1) is 37.8. The van der Waals surface area contributed by atoms with E-state index in [9.17, 15) is 23.1 Å². The third-order valence-corrected chi connectivity index (χ3v) is 9.87. The molecule has 0 spiro atoms. The van der Waals surface area contributed by atoms with E-state index in [-0.39, 0.29) is 42.3 Å². The zero-order valence-electron chi connectivity index (χ0n) is 29.0. The lowest BCUT2D eigenvalue weighted by Crippen LogP contribution is -2.32. The number of hydrogen-bond donors (Lipinski definition) is 6. The van der Waals surface area contributed by atoms with Gasteiger partial charge in [-0.3, -0.25) is 9.59 Å². The minimum atomic E-state index is -3.67. The van der Waals surface area contributed by atoms with Crippen molar-refractivity contribution < 1.29 is 23.1 Å². The van der Waals surface area contributed by atoms with Crippen LogP contribution in [0.1, 0.15) is 56.8 Å². The van der Waals surface area contributed by atoms with Crippen LogP contribution in [0.4, 0.5) is 5.82 Å². The lowest BCUT2D eigenvalue weighted by Gasteiger charge is -2.18. The molecule has 0 radical (unpaired) electrons. The minimum Gasteiger partial charge on any atom is -0.387 e. The summed E-state index contributed by atoms with van der Waals surface area (Å²) in [7, 11) is -3.67. The summed E-state index contributed by atoms with van der Waals surface area (Å²) in [5.41, 5.74) is 11.3. The second-order valence-corrected chi connectivity index (χ2v) is 14.4. The second kappa shape index (κ2) is 18.2. The molecular weight excluding hydrogens is 677 g/mol. The van der Waals surface area contributed by atoms with Crippen molar-refractivity contribution in [2.24, 2.45) is 0 Å². The third-order valence-electron chi connectivity index (χ3n) is 8.45. The van der Waals surface area contributed by atoms with Crippen LogP contribution in [0.2, 0.25) is 0 Å². The molecule has 11 nitrogen and oxygen atoms in total. The molecule has 52 heavy (non-hydrogen) atoms. The first-order chi connectivity index (χ1) is 25.0. The van der Waals surface area contributed by atoms with E-state index in [1.165, 1.54) is 12.1 Å². The van der Waals surface area contributed by atoms with Crippen molar-refractivity contribution in [3.05, 3.63) is 160 Å². The number of hydrogen-bond acceptors (Lipinski definition) is 8. The molecule has 0 fully saturated rings. The maximum Gasteiger partial charge on any atom is 0.251 e. The Morgan fingerprint density at radius 3 is 2.08 bits per heavy atom. The second-order valence-electron chi connectivity index (χ2n) is 12.7. The number of carbonyl (C=O) groups excluding carboxylic acids is 2. The molecule has 12 heteroatoms. The number of aliphatic hydroxyl groups is 1. The Balaban J connectivity index is 1.02. The van der Waals surface area contributed by atoms with E-state index < -0.39 is 16.1 Å². The number of nitrogens with one attached hydrogen (secondary N) is 4. The number of benzene rings is 4. The fraction of sp³-hybridized carbons (Fsp3) is 0.225. The highest BCUT2D eigenvalue weighted by atomic mass is 32.2. The Kier molecular flexibility index (Phi) is 13.2. The number of aromatic nitrogens is 1. The van der Waals surface area contributed by atoms with Gasteiger partial charge in [-0.1, -0.05) is 84.9 Å². The van der Waals surface area contributed by atoms with Gasteiger partial charge in [0.15, 0.2) is 0 Å². The van der Waals surface area contributed by atoms with Gasteiger partial charge in [0.25, 0.3) is 5.91 Å². The van der Waals surface area contributed by atoms with E-state index in [1.54, 1.807) is 54.7 Å². The van der Waals surface area contributed by atoms with Gasteiger partial charge in [0.2, 0.25) is 15.9 Å². The van der Waals surface area contributed by atoms with Gasteiger partial charge in [-0.25, -0.2) is 18.1 Å². The maximum atomic E-state index is 12.8.